The molecular weight excluding hydrogens is 290 g/mol. The Morgan fingerprint density at radius 1 is 1.04 bits per heavy atom. The third-order valence-electron chi connectivity index (χ3n) is 3.34. The van der Waals surface area contributed by atoms with Crippen LogP contribution in [0, 0.1) is 6.92 Å². The van der Waals surface area contributed by atoms with Crippen molar-refractivity contribution in [1.82, 2.24) is 5.32 Å². The number of carbonyl (C=O) groups is 2. The molecule has 0 radical (unpaired) electrons. The maximum absolute atomic E-state index is 11.8. The predicted octanol–water partition coefficient (Wildman–Crippen LogP) is 4.19. The lowest BCUT2D eigenvalue weighted by Gasteiger charge is -2.19. The van der Waals surface area contributed by atoms with Crippen molar-refractivity contribution in [2.45, 2.75) is 65.4 Å². The zero-order valence-corrected chi connectivity index (χ0v) is 14.8. The van der Waals surface area contributed by atoms with Gasteiger partial charge in [0, 0.05) is 19.4 Å². The Morgan fingerprint density at radius 2 is 1.65 bits per heavy atom. The van der Waals surface area contributed by atoms with Crippen LogP contribution in [-0.4, -0.2) is 24.0 Å². The van der Waals surface area contributed by atoms with Crippen molar-refractivity contribution < 1.29 is 14.3 Å². The fraction of sp³-hybridized carbons (Fsp3) is 0.579. The van der Waals surface area contributed by atoms with E-state index in [2.05, 4.69) is 36.5 Å². The summed E-state index contributed by atoms with van der Waals surface area (Å²) in [5.41, 5.74) is 2.04. The monoisotopic (exact) mass is 319 g/mol. The summed E-state index contributed by atoms with van der Waals surface area (Å²) in [5, 5.41) is 2.67. The summed E-state index contributed by atoms with van der Waals surface area (Å²) in [7, 11) is 0. The summed E-state index contributed by atoms with van der Waals surface area (Å²) in [4.78, 5) is 23.3. The second kappa shape index (κ2) is 9.33. The van der Waals surface area contributed by atoms with E-state index in [1.165, 1.54) is 11.1 Å². The largest absolute Gasteiger partial charge is 0.444 e. The summed E-state index contributed by atoms with van der Waals surface area (Å²) in [5.74, 6) is 0.253. The van der Waals surface area contributed by atoms with Gasteiger partial charge in [-0.25, -0.2) is 4.79 Å². The molecule has 0 aromatic heterocycles. The van der Waals surface area contributed by atoms with Crippen LogP contribution in [0.1, 0.15) is 57.6 Å². The number of ketones is 1. The highest BCUT2D eigenvalue weighted by atomic mass is 16.6. The number of Topliss-reactive ketones (excluding diaryl/α,β-unsaturated/α-hetero) is 1. The van der Waals surface area contributed by atoms with Crippen LogP contribution in [0.25, 0.3) is 0 Å². The Labute approximate surface area is 139 Å². The molecule has 0 spiro atoms. The van der Waals surface area contributed by atoms with Gasteiger partial charge in [-0.05, 0) is 52.5 Å². The highest BCUT2D eigenvalue weighted by Crippen LogP contribution is 2.09. The summed E-state index contributed by atoms with van der Waals surface area (Å²) in [6.07, 6.45) is 3.14. The summed E-state index contributed by atoms with van der Waals surface area (Å²) in [6, 6.07) is 8.42. The third-order valence-corrected chi connectivity index (χ3v) is 3.34. The molecule has 1 aromatic carbocycles. The minimum absolute atomic E-state index is 0.253. The van der Waals surface area contributed by atoms with Gasteiger partial charge >= 0.3 is 6.09 Å². The molecule has 23 heavy (non-hydrogen) atoms. The Kier molecular flexibility index (Phi) is 7.79. The molecule has 0 aliphatic carbocycles. The van der Waals surface area contributed by atoms with Gasteiger partial charge in [-0.15, -0.1) is 0 Å². The molecule has 0 aliphatic heterocycles. The van der Waals surface area contributed by atoms with Crippen LogP contribution in [0.3, 0.4) is 0 Å². The summed E-state index contributed by atoms with van der Waals surface area (Å²) in [6.45, 7) is 8.01. The van der Waals surface area contributed by atoms with Crippen molar-refractivity contribution in [2.75, 3.05) is 6.54 Å². The molecule has 1 N–H and O–H groups in total. The number of aryl methyl sites for hydroxylation is 2. The minimum Gasteiger partial charge on any atom is -0.444 e. The minimum atomic E-state index is -0.490. The van der Waals surface area contributed by atoms with Crippen LogP contribution >= 0.6 is 0 Å². The summed E-state index contributed by atoms with van der Waals surface area (Å²) < 4.78 is 5.13. The van der Waals surface area contributed by atoms with E-state index >= 15 is 0 Å². The fourth-order valence-electron chi connectivity index (χ4n) is 2.16. The molecule has 0 saturated heterocycles. The molecule has 1 rings (SSSR count). The highest BCUT2D eigenvalue weighted by Gasteiger charge is 2.15. The van der Waals surface area contributed by atoms with E-state index in [1.807, 2.05) is 20.8 Å². The predicted molar refractivity (Wildman–Crippen MR) is 92.6 cm³/mol. The van der Waals surface area contributed by atoms with Gasteiger partial charge in [0.2, 0.25) is 0 Å². The number of ether oxygens (including phenoxy) is 1. The standard InChI is InChI=1S/C19H29NO3/c1-15-10-12-16(13-11-15)7-5-8-17(21)9-6-14-20-18(22)23-19(2,3)4/h10-13H,5-9,14H2,1-4H3,(H,20,22). The summed E-state index contributed by atoms with van der Waals surface area (Å²) >= 11 is 0. The smallest absolute Gasteiger partial charge is 0.407 e. The maximum Gasteiger partial charge on any atom is 0.407 e. The van der Waals surface area contributed by atoms with Gasteiger partial charge in [-0.2, -0.15) is 0 Å². The number of nitrogens with one attached hydrogen (secondary N) is 1. The number of alkyl carbamates (subject to hydrolysis) is 1. The van der Waals surface area contributed by atoms with Crippen LogP contribution in [0.2, 0.25) is 0 Å². The normalized spacial score (nSPS) is 11.1. The molecule has 0 heterocycles. The number of benzene rings is 1. The quantitative estimate of drug-likeness (QED) is 0.731. The average molecular weight is 319 g/mol. The Bertz CT molecular complexity index is 500. The van der Waals surface area contributed by atoms with E-state index in [9.17, 15) is 9.59 Å². The topological polar surface area (TPSA) is 55.4 Å². The first-order valence-electron chi connectivity index (χ1n) is 8.30. The van der Waals surface area contributed by atoms with Crippen molar-refractivity contribution in [2.24, 2.45) is 0 Å². The van der Waals surface area contributed by atoms with Crippen LogP contribution in [0.15, 0.2) is 24.3 Å². The zero-order valence-electron chi connectivity index (χ0n) is 14.8. The third kappa shape index (κ3) is 9.72. The van der Waals surface area contributed by atoms with E-state index in [1.54, 1.807) is 0 Å². The molecule has 0 saturated carbocycles. The lowest BCUT2D eigenvalue weighted by atomic mass is 10.0. The molecule has 1 amide bonds. The SMILES string of the molecule is Cc1ccc(CCCC(=O)CCCNC(=O)OC(C)(C)C)cc1. The molecule has 0 unspecified atom stereocenters. The maximum atomic E-state index is 11.8. The van der Waals surface area contributed by atoms with Crippen LogP contribution < -0.4 is 5.32 Å². The molecule has 0 atom stereocenters. The highest BCUT2D eigenvalue weighted by molar-refractivity contribution is 5.78. The average Bonchev–Trinajstić information content (AvgIpc) is 2.44. The fourth-order valence-corrected chi connectivity index (χ4v) is 2.16. The van der Waals surface area contributed by atoms with Crippen molar-refractivity contribution in [3.05, 3.63) is 35.4 Å². The number of hydrogen-bond donors (Lipinski definition) is 1. The number of rotatable bonds is 8. The van der Waals surface area contributed by atoms with Gasteiger partial charge < -0.3 is 10.1 Å². The Morgan fingerprint density at radius 3 is 2.26 bits per heavy atom. The Hall–Kier alpha value is -1.84. The first-order chi connectivity index (χ1) is 10.8. The van der Waals surface area contributed by atoms with Gasteiger partial charge in [0.1, 0.15) is 11.4 Å². The van der Waals surface area contributed by atoms with E-state index in [0.29, 0.717) is 25.8 Å². The first kappa shape index (κ1) is 19.2. The molecule has 128 valence electrons. The molecular formula is C19H29NO3. The second-order valence-corrected chi connectivity index (χ2v) is 6.91. The molecule has 4 heteroatoms. The van der Waals surface area contributed by atoms with E-state index < -0.39 is 11.7 Å². The van der Waals surface area contributed by atoms with E-state index in [0.717, 1.165) is 12.8 Å². The molecule has 0 fully saturated rings. The van der Waals surface area contributed by atoms with Gasteiger partial charge in [0.15, 0.2) is 0 Å². The van der Waals surface area contributed by atoms with E-state index in [4.69, 9.17) is 4.74 Å². The number of amides is 1. The number of hydrogen-bond acceptors (Lipinski definition) is 3. The van der Waals surface area contributed by atoms with Gasteiger partial charge in [0.05, 0.1) is 0 Å². The molecule has 0 aliphatic rings. The number of carbonyl (C=O) groups excluding carboxylic acids is 2. The second-order valence-electron chi connectivity index (χ2n) is 6.91. The Balaban J connectivity index is 2.08. The lowest BCUT2D eigenvalue weighted by Crippen LogP contribution is -2.33. The van der Waals surface area contributed by atoms with E-state index in [-0.39, 0.29) is 5.78 Å². The van der Waals surface area contributed by atoms with Crippen LogP contribution in [-0.2, 0) is 16.0 Å². The van der Waals surface area contributed by atoms with Gasteiger partial charge in [-0.3, -0.25) is 4.79 Å². The molecule has 0 bridgehead atoms. The van der Waals surface area contributed by atoms with Crippen molar-refractivity contribution >= 4 is 11.9 Å². The zero-order chi connectivity index (χ0) is 17.3. The van der Waals surface area contributed by atoms with Crippen LogP contribution in [0.4, 0.5) is 4.79 Å². The molecule has 1 aromatic rings. The molecule has 4 nitrogen and oxygen atoms in total. The van der Waals surface area contributed by atoms with Crippen LogP contribution in [0.5, 0.6) is 0 Å². The van der Waals surface area contributed by atoms with Crippen molar-refractivity contribution in [3.63, 3.8) is 0 Å². The van der Waals surface area contributed by atoms with Gasteiger partial charge in [-0.1, -0.05) is 29.8 Å². The van der Waals surface area contributed by atoms with Gasteiger partial charge in [0.25, 0.3) is 0 Å². The lowest BCUT2D eigenvalue weighted by molar-refractivity contribution is -0.119. The van der Waals surface area contributed by atoms with Crippen molar-refractivity contribution in [1.29, 1.82) is 0 Å². The van der Waals surface area contributed by atoms with Crippen molar-refractivity contribution in [3.8, 4) is 0 Å². The first-order valence-corrected chi connectivity index (χ1v) is 8.30.